The van der Waals surface area contributed by atoms with E-state index in [-0.39, 0.29) is 0 Å². The van der Waals surface area contributed by atoms with Crippen LogP contribution in [-0.4, -0.2) is 15.5 Å². The maximum absolute atomic E-state index is 10.9. The predicted molar refractivity (Wildman–Crippen MR) is 84.7 cm³/mol. The van der Waals surface area contributed by atoms with Crippen LogP contribution < -0.4 is 14.6 Å². The normalized spacial score (nSPS) is 11.2. The van der Waals surface area contributed by atoms with Crippen LogP contribution in [0.2, 0.25) is 0 Å². The van der Waals surface area contributed by atoms with Crippen molar-refractivity contribution < 1.29 is 17.9 Å². The van der Waals surface area contributed by atoms with Crippen LogP contribution in [0.5, 0.6) is 5.75 Å². The molecule has 0 bridgehead atoms. The molecule has 2 aromatic carbocycles. The first-order valence-electron chi connectivity index (χ1n) is 6.56. The van der Waals surface area contributed by atoms with Gasteiger partial charge in [-0.2, -0.15) is 8.42 Å². The van der Waals surface area contributed by atoms with Crippen LogP contribution in [0, 0.1) is 0 Å². The average molecular weight is 322 g/mol. The fraction of sp³-hybridized carbons (Fsp3) is 0.200. The minimum Gasteiger partial charge on any atom is -0.497 e. The van der Waals surface area contributed by atoms with Gasteiger partial charge in [0, 0.05) is 5.69 Å². The van der Waals surface area contributed by atoms with Gasteiger partial charge in [-0.3, -0.25) is 4.72 Å². The van der Waals surface area contributed by atoms with E-state index >= 15 is 0 Å². The van der Waals surface area contributed by atoms with Gasteiger partial charge in [0.1, 0.15) is 5.75 Å². The third kappa shape index (κ3) is 5.36. The van der Waals surface area contributed by atoms with E-state index in [1.165, 1.54) is 0 Å². The summed E-state index contributed by atoms with van der Waals surface area (Å²) < 4.78 is 34.7. The third-order valence-electron chi connectivity index (χ3n) is 2.91. The van der Waals surface area contributed by atoms with Gasteiger partial charge in [0.25, 0.3) is 10.2 Å². The molecule has 0 unspecified atom stereocenters. The SMILES string of the molecule is COc1ccc(COCc2ccc(NS(N)(=O)=O)cc2)cc1. The molecule has 6 nitrogen and oxygen atoms in total. The number of methoxy groups -OCH3 is 1. The van der Waals surface area contributed by atoms with Crippen LogP contribution in [0.4, 0.5) is 5.69 Å². The molecule has 0 aliphatic heterocycles. The lowest BCUT2D eigenvalue weighted by Gasteiger charge is -2.07. The lowest BCUT2D eigenvalue weighted by molar-refractivity contribution is 0.107. The number of hydrogen-bond donors (Lipinski definition) is 2. The molecule has 0 spiro atoms. The minimum absolute atomic E-state index is 0.418. The summed E-state index contributed by atoms with van der Waals surface area (Å²) in [5.74, 6) is 0.807. The molecule has 0 fully saturated rings. The van der Waals surface area contributed by atoms with Gasteiger partial charge >= 0.3 is 0 Å². The van der Waals surface area contributed by atoms with Crippen molar-refractivity contribution in [2.45, 2.75) is 13.2 Å². The zero-order valence-corrected chi connectivity index (χ0v) is 13.0. The summed E-state index contributed by atoms with van der Waals surface area (Å²) in [6.07, 6.45) is 0. The molecule has 0 aliphatic rings. The van der Waals surface area contributed by atoms with Crippen molar-refractivity contribution in [1.82, 2.24) is 0 Å². The predicted octanol–water partition coefficient (Wildman–Crippen LogP) is 2.03. The second-order valence-corrected chi connectivity index (χ2v) is 5.98. The van der Waals surface area contributed by atoms with E-state index in [1.54, 1.807) is 31.4 Å². The van der Waals surface area contributed by atoms with Crippen molar-refractivity contribution in [3.63, 3.8) is 0 Å². The maximum atomic E-state index is 10.9. The Kier molecular flexibility index (Phi) is 5.37. The topological polar surface area (TPSA) is 90.7 Å². The summed E-state index contributed by atoms with van der Waals surface area (Å²) in [5, 5.41) is 4.90. The summed E-state index contributed by atoms with van der Waals surface area (Å²) >= 11 is 0. The Labute approximate surface area is 130 Å². The highest BCUT2D eigenvalue weighted by molar-refractivity contribution is 7.90. The lowest BCUT2D eigenvalue weighted by atomic mass is 10.2. The number of hydrogen-bond acceptors (Lipinski definition) is 4. The Morgan fingerprint density at radius 1 is 0.955 bits per heavy atom. The molecule has 0 atom stereocenters. The number of rotatable bonds is 7. The van der Waals surface area contributed by atoms with Gasteiger partial charge in [0.15, 0.2) is 0 Å². The van der Waals surface area contributed by atoms with Crippen LogP contribution in [0.15, 0.2) is 48.5 Å². The Hall–Kier alpha value is -2.09. The Balaban J connectivity index is 1.83. The molecule has 0 amide bonds. The van der Waals surface area contributed by atoms with Gasteiger partial charge in [0.2, 0.25) is 0 Å². The van der Waals surface area contributed by atoms with E-state index in [0.29, 0.717) is 18.9 Å². The molecule has 22 heavy (non-hydrogen) atoms. The molecule has 7 heteroatoms. The zero-order chi connectivity index (χ0) is 16.0. The van der Waals surface area contributed by atoms with Crippen molar-refractivity contribution in [3.8, 4) is 5.75 Å². The quantitative estimate of drug-likeness (QED) is 0.816. The highest BCUT2D eigenvalue weighted by Crippen LogP contribution is 2.14. The first kappa shape index (κ1) is 16.3. The van der Waals surface area contributed by atoms with Gasteiger partial charge in [-0.15, -0.1) is 0 Å². The standard InChI is InChI=1S/C15H18N2O4S/c1-20-15-8-4-13(5-9-15)11-21-10-12-2-6-14(7-3-12)17-22(16,18)19/h2-9,17H,10-11H2,1H3,(H2,16,18,19). The monoisotopic (exact) mass is 322 g/mol. The van der Waals surface area contributed by atoms with E-state index < -0.39 is 10.2 Å². The largest absolute Gasteiger partial charge is 0.497 e. The Morgan fingerprint density at radius 2 is 1.45 bits per heavy atom. The van der Waals surface area contributed by atoms with Gasteiger partial charge in [0.05, 0.1) is 20.3 Å². The Bertz CT molecular complexity index is 697. The van der Waals surface area contributed by atoms with Gasteiger partial charge in [-0.1, -0.05) is 24.3 Å². The van der Waals surface area contributed by atoms with Crippen LogP contribution in [0.1, 0.15) is 11.1 Å². The van der Waals surface area contributed by atoms with E-state index in [2.05, 4.69) is 4.72 Å². The molecule has 0 heterocycles. The number of benzene rings is 2. The molecule has 2 aromatic rings. The molecular formula is C15H18N2O4S. The molecule has 0 saturated heterocycles. The molecule has 2 rings (SSSR count). The van der Waals surface area contributed by atoms with Gasteiger partial charge < -0.3 is 9.47 Å². The van der Waals surface area contributed by atoms with Crippen molar-refractivity contribution in [2.75, 3.05) is 11.8 Å². The number of nitrogens with one attached hydrogen (secondary N) is 1. The Morgan fingerprint density at radius 3 is 1.91 bits per heavy atom. The molecule has 0 radical (unpaired) electrons. The fourth-order valence-corrected chi connectivity index (χ4v) is 2.31. The van der Waals surface area contributed by atoms with E-state index in [9.17, 15) is 8.42 Å². The van der Waals surface area contributed by atoms with Crippen molar-refractivity contribution >= 4 is 15.9 Å². The summed E-state index contributed by atoms with van der Waals surface area (Å²) in [6, 6.07) is 14.5. The van der Waals surface area contributed by atoms with Crippen molar-refractivity contribution in [1.29, 1.82) is 0 Å². The first-order valence-corrected chi connectivity index (χ1v) is 8.11. The second kappa shape index (κ2) is 7.26. The van der Waals surface area contributed by atoms with Crippen molar-refractivity contribution in [2.24, 2.45) is 5.14 Å². The number of ether oxygens (including phenoxy) is 2. The molecule has 0 saturated carbocycles. The summed E-state index contributed by atoms with van der Waals surface area (Å²) in [7, 11) is -2.12. The number of anilines is 1. The van der Waals surface area contributed by atoms with E-state index in [4.69, 9.17) is 14.6 Å². The zero-order valence-electron chi connectivity index (χ0n) is 12.2. The number of nitrogens with two attached hydrogens (primary N) is 1. The molecule has 0 aliphatic carbocycles. The van der Waals surface area contributed by atoms with Crippen LogP contribution in [-0.2, 0) is 28.2 Å². The fourth-order valence-electron chi connectivity index (χ4n) is 1.84. The van der Waals surface area contributed by atoms with E-state index in [1.807, 2.05) is 24.3 Å². The lowest BCUT2D eigenvalue weighted by Crippen LogP contribution is -2.21. The first-order chi connectivity index (χ1) is 10.5. The van der Waals surface area contributed by atoms with Gasteiger partial charge in [-0.05, 0) is 35.4 Å². The molecule has 118 valence electrons. The highest BCUT2D eigenvalue weighted by Gasteiger charge is 2.02. The highest BCUT2D eigenvalue weighted by atomic mass is 32.2. The average Bonchev–Trinajstić information content (AvgIpc) is 2.48. The summed E-state index contributed by atoms with van der Waals surface area (Å²) in [5.41, 5.74) is 2.41. The third-order valence-corrected chi connectivity index (χ3v) is 3.43. The van der Waals surface area contributed by atoms with Crippen LogP contribution in [0.3, 0.4) is 0 Å². The van der Waals surface area contributed by atoms with Crippen molar-refractivity contribution in [3.05, 3.63) is 59.7 Å². The van der Waals surface area contributed by atoms with Crippen LogP contribution in [0.25, 0.3) is 0 Å². The minimum atomic E-state index is -3.74. The smallest absolute Gasteiger partial charge is 0.296 e. The summed E-state index contributed by atoms with van der Waals surface area (Å²) in [6.45, 7) is 0.920. The molecular weight excluding hydrogens is 304 g/mol. The molecule has 3 N–H and O–H groups in total. The van der Waals surface area contributed by atoms with Crippen LogP contribution >= 0.6 is 0 Å². The van der Waals surface area contributed by atoms with Gasteiger partial charge in [-0.25, -0.2) is 5.14 Å². The molecule has 0 aromatic heterocycles. The van der Waals surface area contributed by atoms with E-state index in [0.717, 1.165) is 16.9 Å². The maximum Gasteiger partial charge on any atom is 0.296 e. The summed E-state index contributed by atoms with van der Waals surface area (Å²) in [4.78, 5) is 0. The second-order valence-electron chi connectivity index (χ2n) is 4.68.